The fourth-order valence-corrected chi connectivity index (χ4v) is 2.82. The van der Waals surface area contributed by atoms with E-state index in [1.165, 1.54) is 16.5 Å². The highest BCUT2D eigenvalue weighted by Crippen LogP contribution is 2.42. The van der Waals surface area contributed by atoms with Crippen molar-refractivity contribution in [1.82, 2.24) is 9.80 Å². The lowest BCUT2D eigenvalue weighted by atomic mass is 10.0. The maximum Gasteiger partial charge on any atom is 0.407 e. The second-order valence-corrected chi connectivity index (χ2v) is 5.66. The van der Waals surface area contributed by atoms with Gasteiger partial charge < -0.3 is 10.0 Å². The normalized spacial score (nSPS) is 20.1. The maximum atomic E-state index is 13.4. The molecule has 2 fully saturated rings. The minimum Gasteiger partial charge on any atom is -0.465 e. The van der Waals surface area contributed by atoms with Gasteiger partial charge in [0, 0.05) is 32.7 Å². The minimum atomic E-state index is -0.842. The molecule has 20 heavy (non-hydrogen) atoms. The Labute approximate surface area is 117 Å². The molecule has 2 aliphatic rings. The minimum absolute atomic E-state index is 0.161. The van der Waals surface area contributed by atoms with Crippen LogP contribution in [-0.2, 0) is 6.54 Å². The van der Waals surface area contributed by atoms with E-state index in [1.54, 1.807) is 6.07 Å². The van der Waals surface area contributed by atoms with E-state index < -0.39 is 6.09 Å². The average molecular weight is 278 g/mol. The molecule has 1 saturated heterocycles. The Kier molecular flexibility index (Phi) is 3.61. The van der Waals surface area contributed by atoms with Crippen LogP contribution >= 0.6 is 0 Å². The van der Waals surface area contributed by atoms with Crippen LogP contribution in [0.15, 0.2) is 18.2 Å². The second kappa shape index (κ2) is 5.40. The van der Waals surface area contributed by atoms with E-state index in [4.69, 9.17) is 5.11 Å². The summed E-state index contributed by atoms with van der Waals surface area (Å²) in [7, 11) is 0. The zero-order valence-electron chi connectivity index (χ0n) is 11.4. The summed E-state index contributed by atoms with van der Waals surface area (Å²) in [5, 5.41) is 8.94. The lowest BCUT2D eigenvalue weighted by molar-refractivity contribution is 0.103. The van der Waals surface area contributed by atoms with Crippen LogP contribution < -0.4 is 0 Å². The zero-order valence-corrected chi connectivity index (χ0v) is 11.4. The number of rotatable bonds is 3. The summed E-state index contributed by atoms with van der Waals surface area (Å²) in [5.74, 6) is 0.368. The van der Waals surface area contributed by atoms with Crippen molar-refractivity contribution in [2.45, 2.75) is 25.3 Å². The highest BCUT2D eigenvalue weighted by atomic mass is 19.1. The molecular formula is C15H19FN2O2. The molecule has 1 saturated carbocycles. The van der Waals surface area contributed by atoms with Gasteiger partial charge in [0.25, 0.3) is 0 Å². The van der Waals surface area contributed by atoms with Gasteiger partial charge in [-0.2, -0.15) is 0 Å². The molecule has 0 radical (unpaired) electrons. The number of benzene rings is 1. The van der Waals surface area contributed by atoms with Crippen molar-refractivity contribution in [3.63, 3.8) is 0 Å². The lowest BCUT2D eigenvalue weighted by Crippen LogP contribution is -2.47. The van der Waals surface area contributed by atoms with Crippen LogP contribution in [0.4, 0.5) is 9.18 Å². The van der Waals surface area contributed by atoms with Gasteiger partial charge in [-0.1, -0.05) is 6.07 Å². The maximum absolute atomic E-state index is 13.4. The number of halogens is 1. The van der Waals surface area contributed by atoms with Gasteiger partial charge in [0.05, 0.1) is 0 Å². The van der Waals surface area contributed by atoms with E-state index in [0.717, 1.165) is 38.0 Å². The Balaban J connectivity index is 1.65. The van der Waals surface area contributed by atoms with E-state index in [0.29, 0.717) is 19.0 Å². The summed E-state index contributed by atoms with van der Waals surface area (Å²) in [6, 6.07) is 5.07. The van der Waals surface area contributed by atoms with Gasteiger partial charge in [-0.15, -0.1) is 0 Å². The molecule has 0 spiro atoms. The van der Waals surface area contributed by atoms with Crippen LogP contribution in [0.25, 0.3) is 0 Å². The van der Waals surface area contributed by atoms with Crippen LogP contribution in [0.5, 0.6) is 0 Å². The molecule has 0 unspecified atom stereocenters. The Hall–Kier alpha value is -1.62. The first-order valence-corrected chi connectivity index (χ1v) is 7.12. The summed E-state index contributed by atoms with van der Waals surface area (Å²) in [5.41, 5.74) is 2.34. The van der Waals surface area contributed by atoms with Crippen molar-refractivity contribution in [3.8, 4) is 0 Å². The van der Waals surface area contributed by atoms with Crippen molar-refractivity contribution in [1.29, 1.82) is 0 Å². The van der Waals surface area contributed by atoms with Crippen LogP contribution in [0.1, 0.15) is 29.9 Å². The first kappa shape index (κ1) is 13.4. The summed E-state index contributed by atoms with van der Waals surface area (Å²) < 4.78 is 13.4. The van der Waals surface area contributed by atoms with E-state index >= 15 is 0 Å². The highest BCUT2D eigenvalue weighted by molar-refractivity contribution is 5.65. The van der Waals surface area contributed by atoms with Crippen molar-refractivity contribution in [2.24, 2.45) is 0 Å². The number of hydrogen-bond donors (Lipinski definition) is 1. The molecule has 108 valence electrons. The Morgan fingerprint density at radius 1 is 1.25 bits per heavy atom. The molecule has 1 aromatic rings. The summed E-state index contributed by atoms with van der Waals surface area (Å²) >= 11 is 0. The summed E-state index contributed by atoms with van der Waals surface area (Å²) in [6.45, 7) is 3.38. The molecular weight excluding hydrogens is 259 g/mol. The average Bonchev–Trinajstić information content (AvgIpc) is 3.26. The van der Waals surface area contributed by atoms with Gasteiger partial charge in [-0.3, -0.25) is 4.90 Å². The largest absolute Gasteiger partial charge is 0.465 e. The van der Waals surface area contributed by atoms with Crippen molar-refractivity contribution in [2.75, 3.05) is 26.2 Å². The fraction of sp³-hybridized carbons (Fsp3) is 0.533. The smallest absolute Gasteiger partial charge is 0.407 e. The molecule has 1 N–H and O–H groups in total. The van der Waals surface area contributed by atoms with Crippen molar-refractivity contribution < 1.29 is 14.3 Å². The van der Waals surface area contributed by atoms with E-state index in [9.17, 15) is 9.18 Å². The predicted molar refractivity (Wildman–Crippen MR) is 73.2 cm³/mol. The monoisotopic (exact) mass is 278 g/mol. The number of carboxylic acid groups (broad SMARTS) is 1. The SMILES string of the molecule is O=C(O)N1CCN(Cc2ccc(F)cc2C2CC2)CC1. The first-order chi connectivity index (χ1) is 9.63. The zero-order chi connectivity index (χ0) is 14.1. The highest BCUT2D eigenvalue weighted by Gasteiger charge is 2.27. The molecule has 0 atom stereocenters. The topological polar surface area (TPSA) is 43.8 Å². The lowest BCUT2D eigenvalue weighted by Gasteiger charge is -2.33. The Bertz CT molecular complexity index is 509. The number of amides is 1. The number of carbonyl (C=O) groups is 1. The van der Waals surface area contributed by atoms with E-state index in [2.05, 4.69) is 4.90 Å². The third kappa shape index (κ3) is 2.93. The second-order valence-electron chi connectivity index (χ2n) is 5.66. The van der Waals surface area contributed by atoms with Gasteiger partial charge in [0.1, 0.15) is 5.82 Å². The fourth-order valence-electron chi connectivity index (χ4n) is 2.82. The summed E-state index contributed by atoms with van der Waals surface area (Å²) in [6.07, 6.45) is 1.47. The van der Waals surface area contributed by atoms with Crippen LogP contribution in [0.3, 0.4) is 0 Å². The molecule has 5 heteroatoms. The Morgan fingerprint density at radius 3 is 2.55 bits per heavy atom. The number of hydrogen-bond acceptors (Lipinski definition) is 2. The number of piperazine rings is 1. The molecule has 1 aromatic carbocycles. The van der Waals surface area contributed by atoms with Crippen molar-refractivity contribution >= 4 is 6.09 Å². The molecule has 1 amide bonds. The van der Waals surface area contributed by atoms with Gasteiger partial charge >= 0.3 is 6.09 Å². The van der Waals surface area contributed by atoms with Gasteiger partial charge in [-0.25, -0.2) is 9.18 Å². The first-order valence-electron chi connectivity index (χ1n) is 7.12. The van der Waals surface area contributed by atoms with Crippen LogP contribution in [0, 0.1) is 5.82 Å². The third-order valence-corrected chi connectivity index (χ3v) is 4.16. The molecule has 4 nitrogen and oxygen atoms in total. The quantitative estimate of drug-likeness (QED) is 0.924. The third-order valence-electron chi connectivity index (χ3n) is 4.16. The molecule has 1 aliphatic carbocycles. The van der Waals surface area contributed by atoms with Crippen LogP contribution in [0.2, 0.25) is 0 Å². The molecule has 1 aliphatic heterocycles. The van der Waals surface area contributed by atoms with Gasteiger partial charge in [0.15, 0.2) is 0 Å². The molecule has 1 heterocycles. The molecule has 3 rings (SSSR count). The van der Waals surface area contributed by atoms with Crippen molar-refractivity contribution in [3.05, 3.63) is 35.1 Å². The van der Waals surface area contributed by atoms with Crippen LogP contribution in [-0.4, -0.2) is 47.2 Å². The van der Waals surface area contributed by atoms with E-state index in [1.807, 2.05) is 6.07 Å². The molecule has 0 bridgehead atoms. The Morgan fingerprint density at radius 2 is 1.95 bits per heavy atom. The van der Waals surface area contributed by atoms with Gasteiger partial charge in [0.2, 0.25) is 0 Å². The molecule has 0 aromatic heterocycles. The van der Waals surface area contributed by atoms with Gasteiger partial charge in [-0.05, 0) is 42.0 Å². The van der Waals surface area contributed by atoms with E-state index in [-0.39, 0.29) is 5.82 Å². The predicted octanol–water partition coefficient (Wildman–Crippen LogP) is 2.50. The summed E-state index contributed by atoms with van der Waals surface area (Å²) in [4.78, 5) is 14.6. The number of nitrogens with zero attached hydrogens (tertiary/aromatic N) is 2. The standard InChI is InChI=1S/C15H19FN2O2/c16-13-4-3-12(14(9-13)11-1-2-11)10-17-5-7-18(8-6-17)15(19)20/h3-4,9,11H,1-2,5-8,10H2,(H,19,20).